The maximum atomic E-state index is 11.2. The van der Waals surface area contributed by atoms with Gasteiger partial charge in [0.05, 0.1) is 6.04 Å². The highest BCUT2D eigenvalue weighted by molar-refractivity contribution is 5.94. The summed E-state index contributed by atoms with van der Waals surface area (Å²) in [5.41, 5.74) is 0.615. The Hall–Kier alpha value is -1.18. The van der Waals surface area contributed by atoms with Gasteiger partial charge >= 0.3 is 0 Å². The molecule has 1 unspecified atom stereocenters. The van der Waals surface area contributed by atoms with Gasteiger partial charge in [0.15, 0.2) is 5.78 Å². The lowest BCUT2D eigenvalue weighted by Gasteiger charge is -2.08. The van der Waals surface area contributed by atoms with Crippen molar-refractivity contribution in [2.24, 2.45) is 4.99 Å². The predicted molar refractivity (Wildman–Crippen MR) is 50.5 cm³/mol. The number of aliphatic imine (C=N–C) groups is 1. The number of allylic oxidation sites excluding steroid dienone is 2. The monoisotopic (exact) mass is 163 g/mol. The number of rotatable bonds is 3. The van der Waals surface area contributed by atoms with E-state index >= 15 is 0 Å². The molecule has 0 amide bonds. The molecule has 0 fully saturated rings. The third-order valence-corrected chi connectivity index (χ3v) is 1.77. The van der Waals surface area contributed by atoms with E-state index in [1.54, 1.807) is 6.92 Å². The van der Waals surface area contributed by atoms with E-state index < -0.39 is 0 Å². The van der Waals surface area contributed by atoms with Crippen molar-refractivity contribution in [3.8, 4) is 0 Å². The van der Waals surface area contributed by atoms with Crippen molar-refractivity contribution in [3.05, 3.63) is 24.3 Å². The van der Waals surface area contributed by atoms with Gasteiger partial charge in [-0.1, -0.05) is 18.7 Å². The van der Waals surface area contributed by atoms with Crippen molar-refractivity contribution in [1.29, 1.82) is 0 Å². The maximum Gasteiger partial charge on any atom is 0.160 e. The van der Waals surface area contributed by atoms with Crippen molar-refractivity contribution < 1.29 is 4.79 Å². The highest BCUT2D eigenvalue weighted by Crippen LogP contribution is 2.08. The number of dihydropyridines is 1. The van der Waals surface area contributed by atoms with E-state index in [0.717, 1.165) is 6.42 Å². The van der Waals surface area contributed by atoms with Gasteiger partial charge in [-0.3, -0.25) is 9.79 Å². The number of carbonyl (C=O) groups excluding carboxylic acids is 1. The minimum atomic E-state index is 0.0444. The van der Waals surface area contributed by atoms with Gasteiger partial charge in [-0.15, -0.1) is 0 Å². The molecule has 1 aliphatic rings. The summed E-state index contributed by atoms with van der Waals surface area (Å²) < 4.78 is 0. The average molecular weight is 163 g/mol. The highest BCUT2D eigenvalue weighted by Gasteiger charge is 2.10. The van der Waals surface area contributed by atoms with Gasteiger partial charge in [0.1, 0.15) is 0 Å². The van der Waals surface area contributed by atoms with Crippen LogP contribution in [0, 0.1) is 0 Å². The van der Waals surface area contributed by atoms with Crippen molar-refractivity contribution in [2.45, 2.75) is 25.8 Å². The third-order valence-electron chi connectivity index (χ3n) is 1.77. The molecule has 2 heteroatoms. The summed E-state index contributed by atoms with van der Waals surface area (Å²) in [6, 6.07) is 0.0444. The number of ketones is 1. The van der Waals surface area contributed by atoms with Crippen LogP contribution in [0.1, 0.15) is 19.8 Å². The molecule has 2 nitrogen and oxygen atoms in total. The second-order valence-corrected chi connectivity index (χ2v) is 2.97. The van der Waals surface area contributed by atoms with Crippen LogP contribution in [-0.4, -0.2) is 18.0 Å². The van der Waals surface area contributed by atoms with Gasteiger partial charge in [0.25, 0.3) is 0 Å². The van der Waals surface area contributed by atoms with Crippen LogP contribution in [0.25, 0.3) is 0 Å². The zero-order valence-electron chi connectivity index (χ0n) is 7.29. The molecule has 1 atom stereocenters. The Bertz CT molecular complexity index is 239. The van der Waals surface area contributed by atoms with Crippen LogP contribution < -0.4 is 0 Å². The van der Waals surface area contributed by atoms with E-state index in [2.05, 4.69) is 11.6 Å². The minimum absolute atomic E-state index is 0.0444. The van der Waals surface area contributed by atoms with Crippen LogP contribution in [0.4, 0.5) is 0 Å². The van der Waals surface area contributed by atoms with E-state index in [9.17, 15) is 4.79 Å². The molecular weight excluding hydrogens is 150 g/mol. The second kappa shape index (κ2) is 4.00. The molecule has 1 aliphatic heterocycles. The van der Waals surface area contributed by atoms with Crippen molar-refractivity contribution in [3.63, 3.8) is 0 Å². The summed E-state index contributed by atoms with van der Waals surface area (Å²) >= 11 is 0. The van der Waals surface area contributed by atoms with Crippen LogP contribution in [0.2, 0.25) is 0 Å². The van der Waals surface area contributed by atoms with Gasteiger partial charge in [-0.2, -0.15) is 0 Å². The Kier molecular flexibility index (Phi) is 2.97. The summed E-state index contributed by atoms with van der Waals surface area (Å²) in [6.45, 7) is 5.33. The van der Waals surface area contributed by atoms with Crippen LogP contribution in [0.5, 0.6) is 0 Å². The topological polar surface area (TPSA) is 29.4 Å². The quantitative estimate of drug-likeness (QED) is 0.461. The summed E-state index contributed by atoms with van der Waals surface area (Å²) in [5.74, 6) is 0.101. The summed E-state index contributed by atoms with van der Waals surface area (Å²) in [6.07, 6.45) is 7.20. The first-order valence-electron chi connectivity index (χ1n) is 4.07. The number of nitrogens with zero attached hydrogens (tertiary/aromatic N) is 1. The SMILES string of the molecule is C=C(C)C(=O)CC1C=CCC=N1. The molecule has 0 saturated carbocycles. The predicted octanol–water partition coefficient (Wildman–Crippen LogP) is 1.92. The Labute approximate surface area is 72.7 Å². The first kappa shape index (κ1) is 8.91. The van der Waals surface area contributed by atoms with E-state index in [-0.39, 0.29) is 11.8 Å². The molecule has 12 heavy (non-hydrogen) atoms. The molecule has 0 spiro atoms. The standard InChI is InChI=1S/C10H13NO/c1-8(2)10(12)7-9-5-3-4-6-11-9/h3,5-6,9H,1,4,7H2,2H3. The van der Waals surface area contributed by atoms with E-state index in [0.29, 0.717) is 12.0 Å². The van der Waals surface area contributed by atoms with E-state index in [1.165, 1.54) is 0 Å². The Morgan fingerprint density at radius 1 is 1.75 bits per heavy atom. The zero-order valence-corrected chi connectivity index (χ0v) is 7.29. The van der Waals surface area contributed by atoms with Crippen molar-refractivity contribution >= 4 is 12.0 Å². The molecule has 0 aromatic carbocycles. The summed E-state index contributed by atoms with van der Waals surface area (Å²) in [5, 5.41) is 0. The first-order chi connectivity index (χ1) is 5.70. The van der Waals surface area contributed by atoms with Crippen molar-refractivity contribution in [2.75, 3.05) is 0 Å². The molecule has 64 valence electrons. The van der Waals surface area contributed by atoms with Crippen LogP contribution in [-0.2, 0) is 4.79 Å². The third kappa shape index (κ3) is 2.46. The molecule has 0 N–H and O–H groups in total. The van der Waals surface area contributed by atoms with Gasteiger partial charge < -0.3 is 0 Å². The second-order valence-electron chi connectivity index (χ2n) is 2.97. The van der Waals surface area contributed by atoms with Gasteiger partial charge in [-0.25, -0.2) is 0 Å². The number of carbonyl (C=O) groups is 1. The summed E-state index contributed by atoms with van der Waals surface area (Å²) in [4.78, 5) is 15.4. The van der Waals surface area contributed by atoms with Crippen LogP contribution in [0.3, 0.4) is 0 Å². The largest absolute Gasteiger partial charge is 0.294 e. The molecule has 0 aromatic rings. The van der Waals surface area contributed by atoms with Gasteiger partial charge in [0.2, 0.25) is 0 Å². The molecule has 0 radical (unpaired) electrons. The molecule has 0 aromatic heterocycles. The fourth-order valence-corrected chi connectivity index (χ4v) is 1.03. The van der Waals surface area contributed by atoms with E-state index in [1.807, 2.05) is 18.4 Å². The lowest BCUT2D eigenvalue weighted by molar-refractivity contribution is -0.115. The minimum Gasteiger partial charge on any atom is -0.294 e. The smallest absolute Gasteiger partial charge is 0.160 e. The number of Topliss-reactive ketones (excluding diaryl/α,β-unsaturated/α-hetero) is 1. The Balaban J connectivity index is 2.45. The number of hydrogen-bond acceptors (Lipinski definition) is 2. The Morgan fingerprint density at radius 3 is 3.00 bits per heavy atom. The highest BCUT2D eigenvalue weighted by atomic mass is 16.1. The maximum absolute atomic E-state index is 11.2. The summed E-state index contributed by atoms with van der Waals surface area (Å²) in [7, 11) is 0. The zero-order chi connectivity index (χ0) is 8.97. The fraction of sp³-hybridized carbons (Fsp3) is 0.400. The molecule has 1 rings (SSSR count). The first-order valence-corrected chi connectivity index (χ1v) is 4.07. The van der Waals surface area contributed by atoms with Crippen molar-refractivity contribution in [1.82, 2.24) is 0 Å². The molecular formula is C10H13NO. The molecule has 1 heterocycles. The lowest BCUT2D eigenvalue weighted by Crippen LogP contribution is -2.11. The molecule has 0 bridgehead atoms. The molecule has 0 aliphatic carbocycles. The Morgan fingerprint density at radius 2 is 2.50 bits per heavy atom. The number of hydrogen-bond donors (Lipinski definition) is 0. The van der Waals surface area contributed by atoms with Gasteiger partial charge in [-0.05, 0) is 12.5 Å². The lowest BCUT2D eigenvalue weighted by atomic mass is 10.0. The average Bonchev–Trinajstić information content (AvgIpc) is 2.06. The van der Waals surface area contributed by atoms with E-state index in [4.69, 9.17) is 0 Å². The van der Waals surface area contributed by atoms with Crippen LogP contribution >= 0.6 is 0 Å². The molecule has 0 saturated heterocycles. The fourth-order valence-electron chi connectivity index (χ4n) is 1.03. The normalized spacial score (nSPS) is 20.9. The van der Waals surface area contributed by atoms with Crippen LogP contribution in [0.15, 0.2) is 29.3 Å². The van der Waals surface area contributed by atoms with Gasteiger partial charge in [0, 0.05) is 19.1 Å².